The van der Waals surface area contributed by atoms with Crippen molar-refractivity contribution in [3.8, 4) is 0 Å². The molecule has 0 aromatic carbocycles. The first-order chi connectivity index (χ1) is 9.72. The molecule has 0 bridgehead atoms. The molecule has 1 fully saturated rings. The number of hydrogen-bond donors (Lipinski definition) is 2. The third-order valence-corrected chi connectivity index (χ3v) is 5.95. The summed E-state index contributed by atoms with van der Waals surface area (Å²) in [6.07, 6.45) is 3.74. The standard InChI is InChI=1S/C16H33N3OS.HI/c1-12-9-13(2)11-14(10-12)19-15(17-6)18-7-8-21(20)16(3,4)5;/h12-14H,7-11H2,1-6H3,(H2,17,18,19);1H. The zero-order valence-corrected chi connectivity index (χ0v) is 18.1. The molecule has 0 aliphatic heterocycles. The number of halogens is 1. The number of nitrogens with one attached hydrogen (secondary N) is 2. The summed E-state index contributed by atoms with van der Waals surface area (Å²) >= 11 is 0. The summed E-state index contributed by atoms with van der Waals surface area (Å²) in [7, 11) is 0.978. The first-order valence-corrected chi connectivity index (χ1v) is 9.40. The van der Waals surface area contributed by atoms with E-state index in [-0.39, 0.29) is 28.7 Å². The Morgan fingerprint density at radius 2 is 1.73 bits per heavy atom. The third kappa shape index (κ3) is 8.13. The molecular weight excluding hydrogens is 409 g/mol. The molecule has 3 atom stereocenters. The van der Waals surface area contributed by atoms with Gasteiger partial charge < -0.3 is 10.6 Å². The second kappa shape index (κ2) is 10.1. The topological polar surface area (TPSA) is 53.5 Å². The van der Waals surface area contributed by atoms with Gasteiger partial charge in [0.1, 0.15) is 0 Å². The van der Waals surface area contributed by atoms with Crippen molar-refractivity contribution in [2.45, 2.75) is 64.7 Å². The fraction of sp³-hybridized carbons (Fsp3) is 0.938. The minimum atomic E-state index is -0.819. The van der Waals surface area contributed by atoms with Crippen LogP contribution in [0.25, 0.3) is 0 Å². The number of aliphatic imine (C=N–C) groups is 1. The summed E-state index contributed by atoms with van der Waals surface area (Å²) in [6.45, 7) is 11.4. The van der Waals surface area contributed by atoms with E-state index in [1.807, 2.05) is 20.8 Å². The second-order valence-corrected chi connectivity index (χ2v) is 9.74. The van der Waals surface area contributed by atoms with Gasteiger partial charge in [0.15, 0.2) is 5.96 Å². The molecule has 1 aliphatic carbocycles. The van der Waals surface area contributed by atoms with Crippen LogP contribution >= 0.6 is 24.0 Å². The Balaban J connectivity index is 0.00000441. The molecule has 0 aromatic heterocycles. The van der Waals surface area contributed by atoms with Gasteiger partial charge in [-0.05, 0) is 51.9 Å². The largest absolute Gasteiger partial charge is 0.355 e. The predicted octanol–water partition coefficient (Wildman–Crippen LogP) is 3.14. The van der Waals surface area contributed by atoms with Gasteiger partial charge in [-0.1, -0.05) is 13.8 Å². The monoisotopic (exact) mass is 443 g/mol. The molecular formula is C16H34IN3OS. The quantitative estimate of drug-likeness (QED) is 0.399. The second-order valence-electron chi connectivity index (χ2n) is 7.42. The van der Waals surface area contributed by atoms with Gasteiger partial charge in [0, 0.05) is 40.9 Å². The van der Waals surface area contributed by atoms with Gasteiger partial charge in [0.25, 0.3) is 0 Å². The zero-order chi connectivity index (χ0) is 16.0. The summed E-state index contributed by atoms with van der Waals surface area (Å²) in [4.78, 5) is 4.29. The molecule has 3 unspecified atom stereocenters. The summed E-state index contributed by atoms with van der Waals surface area (Å²) in [5, 5.41) is 6.81. The van der Waals surface area contributed by atoms with E-state index in [2.05, 4.69) is 29.5 Å². The Morgan fingerprint density at radius 3 is 2.18 bits per heavy atom. The fourth-order valence-corrected chi connectivity index (χ4v) is 3.92. The van der Waals surface area contributed by atoms with Gasteiger partial charge in [0.05, 0.1) is 0 Å². The highest BCUT2D eigenvalue weighted by atomic mass is 127. The van der Waals surface area contributed by atoms with Crippen LogP contribution in [-0.2, 0) is 10.8 Å². The van der Waals surface area contributed by atoms with Crippen molar-refractivity contribution in [2.24, 2.45) is 16.8 Å². The molecule has 0 saturated heterocycles. The highest BCUT2D eigenvalue weighted by molar-refractivity contribution is 14.0. The van der Waals surface area contributed by atoms with Crippen molar-refractivity contribution >= 4 is 40.7 Å². The molecule has 1 aliphatic rings. The molecule has 0 amide bonds. The van der Waals surface area contributed by atoms with Crippen LogP contribution in [0.2, 0.25) is 0 Å². The number of guanidine groups is 1. The van der Waals surface area contributed by atoms with E-state index < -0.39 is 10.8 Å². The maximum absolute atomic E-state index is 12.0. The summed E-state index contributed by atoms with van der Waals surface area (Å²) in [5.74, 6) is 3.05. The lowest BCUT2D eigenvalue weighted by Gasteiger charge is -2.33. The highest BCUT2D eigenvalue weighted by Gasteiger charge is 2.24. The Morgan fingerprint density at radius 1 is 1.18 bits per heavy atom. The van der Waals surface area contributed by atoms with Crippen LogP contribution in [0.4, 0.5) is 0 Å². The van der Waals surface area contributed by atoms with E-state index in [9.17, 15) is 4.21 Å². The zero-order valence-electron chi connectivity index (χ0n) is 14.9. The van der Waals surface area contributed by atoms with Gasteiger partial charge in [-0.2, -0.15) is 0 Å². The van der Waals surface area contributed by atoms with Gasteiger partial charge >= 0.3 is 0 Å². The van der Waals surface area contributed by atoms with Crippen molar-refractivity contribution in [2.75, 3.05) is 19.3 Å². The molecule has 132 valence electrons. The minimum Gasteiger partial charge on any atom is -0.355 e. The molecule has 2 N–H and O–H groups in total. The maximum Gasteiger partial charge on any atom is 0.191 e. The van der Waals surface area contributed by atoms with Gasteiger partial charge in [0.2, 0.25) is 0 Å². The van der Waals surface area contributed by atoms with E-state index in [0.29, 0.717) is 18.3 Å². The molecule has 0 heterocycles. The first kappa shape index (κ1) is 22.1. The molecule has 1 rings (SSSR count). The Hall–Kier alpha value is 0.150. The predicted molar refractivity (Wildman–Crippen MR) is 109 cm³/mol. The van der Waals surface area contributed by atoms with Crippen LogP contribution in [0, 0.1) is 11.8 Å². The van der Waals surface area contributed by atoms with Gasteiger partial charge in [-0.15, -0.1) is 24.0 Å². The van der Waals surface area contributed by atoms with E-state index in [0.717, 1.165) is 17.8 Å². The molecule has 22 heavy (non-hydrogen) atoms. The lowest BCUT2D eigenvalue weighted by atomic mass is 9.80. The summed E-state index contributed by atoms with van der Waals surface area (Å²) < 4.78 is 11.9. The Kier molecular flexibility index (Phi) is 10.2. The molecule has 6 heteroatoms. The molecule has 0 aromatic rings. The summed E-state index contributed by atoms with van der Waals surface area (Å²) in [6, 6.07) is 0.503. The van der Waals surface area contributed by atoms with Crippen LogP contribution in [0.3, 0.4) is 0 Å². The van der Waals surface area contributed by atoms with Crippen LogP contribution in [0.5, 0.6) is 0 Å². The fourth-order valence-electron chi connectivity index (χ4n) is 3.02. The highest BCUT2D eigenvalue weighted by Crippen LogP contribution is 2.28. The van der Waals surface area contributed by atoms with Crippen molar-refractivity contribution < 1.29 is 4.21 Å². The first-order valence-electron chi connectivity index (χ1n) is 8.08. The van der Waals surface area contributed by atoms with Gasteiger partial charge in [-0.3, -0.25) is 9.20 Å². The summed E-state index contributed by atoms with van der Waals surface area (Å²) in [5.41, 5.74) is 0. The number of hydrogen-bond acceptors (Lipinski definition) is 2. The van der Waals surface area contributed by atoms with E-state index in [1.165, 1.54) is 19.3 Å². The molecule has 1 saturated carbocycles. The van der Waals surface area contributed by atoms with E-state index in [1.54, 1.807) is 7.05 Å². The van der Waals surface area contributed by atoms with Crippen LogP contribution < -0.4 is 10.6 Å². The average Bonchev–Trinajstić information content (AvgIpc) is 2.34. The molecule has 4 nitrogen and oxygen atoms in total. The lowest BCUT2D eigenvalue weighted by molar-refractivity contribution is 0.255. The maximum atomic E-state index is 12.0. The average molecular weight is 443 g/mol. The van der Waals surface area contributed by atoms with Crippen molar-refractivity contribution in [3.63, 3.8) is 0 Å². The third-order valence-electron chi connectivity index (χ3n) is 4.01. The van der Waals surface area contributed by atoms with Crippen molar-refractivity contribution in [1.29, 1.82) is 0 Å². The van der Waals surface area contributed by atoms with Crippen molar-refractivity contribution in [1.82, 2.24) is 10.6 Å². The smallest absolute Gasteiger partial charge is 0.191 e. The van der Waals surface area contributed by atoms with Gasteiger partial charge in [-0.25, -0.2) is 0 Å². The van der Waals surface area contributed by atoms with Crippen LogP contribution in [0.1, 0.15) is 53.9 Å². The van der Waals surface area contributed by atoms with Crippen molar-refractivity contribution in [3.05, 3.63) is 0 Å². The van der Waals surface area contributed by atoms with E-state index in [4.69, 9.17) is 0 Å². The Labute approximate surface area is 156 Å². The molecule has 0 spiro atoms. The molecule has 0 radical (unpaired) electrons. The number of rotatable bonds is 4. The number of nitrogens with zero attached hydrogens (tertiary/aromatic N) is 1. The Bertz CT molecular complexity index is 372. The lowest BCUT2D eigenvalue weighted by Crippen LogP contribution is -2.47. The minimum absolute atomic E-state index is 0. The van der Waals surface area contributed by atoms with E-state index >= 15 is 0 Å². The van der Waals surface area contributed by atoms with Crippen LogP contribution in [-0.4, -0.2) is 40.3 Å². The normalized spacial score (nSPS) is 27.7. The SMILES string of the molecule is CN=C(NCCS(=O)C(C)(C)C)NC1CC(C)CC(C)C1.I. The van der Waals surface area contributed by atoms with Crippen LogP contribution in [0.15, 0.2) is 4.99 Å².